The van der Waals surface area contributed by atoms with Gasteiger partial charge in [-0.25, -0.2) is 0 Å². The molecule has 2 aliphatic heterocycles. The van der Waals surface area contributed by atoms with Crippen LogP contribution in [0.2, 0.25) is 0 Å². The van der Waals surface area contributed by atoms with E-state index in [1.165, 1.54) is 18.2 Å². The van der Waals surface area contributed by atoms with Gasteiger partial charge in [0.25, 0.3) is 0 Å². The van der Waals surface area contributed by atoms with Gasteiger partial charge >= 0.3 is 5.97 Å². The van der Waals surface area contributed by atoms with Crippen LogP contribution in [-0.4, -0.2) is 127 Å². The largest absolute Gasteiger partial charge is 0.507 e. The van der Waals surface area contributed by atoms with Gasteiger partial charge in [0.1, 0.15) is 77.6 Å². The van der Waals surface area contributed by atoms with Crippen molar-refractivity contribution in [3.8, 4) is 34.3 Å². The Balaban J connectivity index is 1.46. The second kappa shape index (κ2) is 13.4. The number of esters is 1. The molecule has 0 amide bonds. The molecule has 1 aromatic heterocycles. The van der Waals surface area contributed by atoms with Gasteiger partial charge in [-0.2, -0.15) is 0 Å². The van der Waals surface area contributed by atoms with Gasteiger partial charge in [-0.05, 0) is 18.2 Å². The Bertz CT molecular complexity index is 1620. The molecule has 0 unspecified atom stereocenters. The first-order valence-electron chi connectivity index (χ1n) is 13.9. The molecule has 2 saturated heterocycles. The van der Waals surface area contributed by atoms with Crippen molar-refractivity contribution < 1.29 is 78.9 Å². The van der Waals surface area contributed by atoms with E-state index in [9.17, 15) is 55.5 Å². The zero-order valence-electron chi connectivity index (χ0n) is 23.9. The summed E-state index contributed by atoms with van der Waals surface area (Å²) in [4.78, 5) is 24.1. The molecule has 2 aromatic carbocycles. The van der Waals surface area contributed by atoms with Gasteiger partial charge in [-0.3, -0.25) is 9.59 Å². The highest BCUT2D eigenvalue weighted by Crippen LogP contribution is 2.36. The molecule has 250 valence electrons. The molecule has 5 rings (SSSR count). The fraction of sp³-hybridized carbons (Fsp3) is 0.448. The van der Waals surface area contributed by atoms with E-state index in [0.29, 0.717) is 0 Å². The number of aliphatic hydroxyl groups is 6. The van der Waals surface area contributed by atoms with Crippen LogP contribution >= 0.6 is 0 Å². The average molecular weight is 653 g/mol. The van der Waals surface area contributed by atoms with Crippen LogP contribution in [0.15, 0.2) is 45.6 Å². The molecule has 46 heavy (non-hydrogen) atoms. The zero-order valence-corrected chi connectivity index (χ0v) is 23.9. The Morgan fingerprint density at radius 2 is 1.50 bits per heavy atom. The summed E-state index contributed by atoms with van der Waals surface area (Å²) in [5.74, 6) is -2.48. The van der Waals surface area contributed by atoms with Crippen molar-refractivity contribution in [2.45, 2.75) is 68.3 Å². The quantitative estimate of drug-likeness (QED) is 0.0954. The van der Waals surface area contributed by atoms with Gasteiger partial charge in [-0.1, -0.05) is 0 Å². The Morgan fingerprint density at radius 3 is 2.17 bits per heavy atom. The molecule has 0 radical (unpaired) electrons. The normalized spacial score (nSPS) is 31.5. The van der Waals surface area contributed by atoms with Gasteiger partial charge in [-0.15, -0.1) is 0 Å². The lowest BCUT2D eigenvalue weighted by atomic mass is 9.97. The summed E-state index contributed by atoms with van der Waals surface area (Å²) >= 11 is 0. The SMILES string of the molecule is CC(=O)OC[C@H]1O[C@@H](O[C@H]2[C@H](Oc3cc(O)c4c(=O)cc(-c5ccc(O)c(O)c5)oc4c3)O[C@H](CO)[C@@H](O)[C@@H]2O)[C@H](O)[C@H](O)[C@@H]1O. The summed E-state index contributed by atoms with van der Waals surface area (Å²) in [5.41, 5.74) is -0.666. The minimum atomic E-state index is -1.92. The summed E-state index contributed by atoms with van der Waals surface area (Å²) in [7, 11) is 0. The molecule has 2 fully saturated rings. The minimum Gasteiger partial charge on any atom is -0.507 e. The van der Waals surface area contributed by atoms with Crippen LogP contribution in [-0.2, 0) is 23.7 Å². The van der Waals surface area contributed by atoms with Crippen LogP contribution in [0.1, 0.15) is 6.92 Å². The number of carbonyl (C=O) groups is 1. The number of hydrogen-bond acceptors (Lipinski definition) is 17. The van der Waals surface area contributed by atoms with E-state index < -0.39 is 103 Å². The van der Waals surface area contributed by atoms with Crippen LogP contribution in [0.25, 0.3) is 22.3 Å². The lowest BCUT2D eigenvalue weighted by Gasteiger charge is -2.45. The summed E-state index contributed by atoms with van der Waals surface area (Å²) < 4.78 is 33.2. The number of aromatic hydroxyl groups is 3. The van der Waals surface area contributed by atoms with Crippen LogP contribution in [0.4, 0.5) is 0 Å². The fourth-order valence-corrected chi connectivity index (χ4v) is 5.08. The number of hydrogen-bond donors (Lipinski definition) is 9. The first-order chi connectivity index (χ1) is 21.8. The number of rotatable bonds is 8. The maximum atomic E-state index is 12.9. The highest BCUT2D eigenvalue weighted by atomic mass is 16.8. The lowest BCUT2D eigenvalue weighted by molar-refractivity contribution is -0.358. The van der Waals surface area contributed by atoms with Crippen molar-refractivity contribution in [2.24, 2.45) is 0 Å². The van der Waals surface area contributed by atoms with Crippen molar-refractivity contribution in [1.82, 2.24) is 0 Å². The third kappa shape index (κ3) is 6.59. The van der Waals surface area contributed by atoms with Gasteiger partial charge in [0.2, 0.25) is 6.29 Å². The molecule has 3 aromatic rings. The molecule has 0 saturated carbocycles. The number of phenols is 3. The first-order valence-corrected chi connectivity index (χ1v) is 13.9. The molecular weight excluding hydrogens is 620 g/mol. The molecule has 17 nitrogen and oxygen atoms in total. The summed E-state index contributed by atoms with van der Waals surface area (Å²) in [6.07, 6.45) is -17.2. The van der Waals surface area contributed by atoms with Crippen molar-refractivity contribution in [2.75, 3.05) is 13.2 Å². The Labute approximate surface area is 258 Å². The Morgan fingerprint density at radius 1 is 0.804 bits per heavy atom. The van der Waals surface area contributed by atoms with Gasteiger partial charge in [0, 0.05) is 30.7 Å². The van der Waals surface area contributed by atoms with E-state index in [-0.39, 0.29) is 28.0 Å². The predicted molar refractivity (Wildman–Crippen MR) is 149 cm³/mol. The molecule has 17 heteroatoms. The molecule has 0 spiro atoms. The number of phenolic OH excluding ortho intramolecular Hbond substituents is 3. The molecule has 3 heterocycles. The second-order valence-corrected chi connectivity index (χ2v) is 10.7. The highest BCUT2D eigenvalue weighted by Gasteiger charge is 2.51. The van der Waals surface area contributed by atoms with Crippen molar-refractivity contribution in [3.05, 3.63) is 46.6 Å². The van der Waals surface area contributed by atoms with Crippen molar-refractivity contribution >= 4 is 16.9 Å². The lowest BCUT2D eigenvalue weighted by Crippen LogP contribution is -2.65. The van der Waals surface area contributed by atoms with Crippen molar-refractivity contribution in [3.63, 3.8) is 0 Å². The standard InChI is InChI=1S/C29H32O17/c1-10(31)41-9-20-23(37)24(38)26(40)28(45-20)46-27-25(39)22(36)19(8-30)44-29(27)42-12-5-15(34)21-16(35)7-17(43-18(21)6-12)11-2-3-13(32)14(33)4-11/h2-7,19-20,22-30,32-34,36-40H,8-9H2,1H3/t19-,20-,22-,23-,24-,25+,26-,27-,28+,29-/m1/s1. The number of aliphatic hydroxyl groups excluding tert-OH is 6. The van der Waals surface area contributed by atoms with E-state index in [1.54, 1.807) is 0 Å². The van der Waals surface area contributed by atoms with E-state index >= 15 is 0 Å². The average Bonchev–Trinajstić information content (AvgIpc) is 3.00. The smallest absolute Gasteiger partial charge is 0.302 e. The van der Waals surface area contributed by atoms with E-state index in [2.05, 4.69) is 0 Å². The third-order valence-electron chi connectivity index (χ3n) is 7.53. The second-order valence-electron chi connectivity index (χ2n) is 10.7. The van der Waals surface area contributed by atoms with Crippen LogP contribution in [0, 0.1) is 0 Å². The van der Waals surface area contributed by atoms with Crippen LogP contribution in [0.3, 0.4) is 0 Å². The van der Waals surface area contributed by atoms with Gasteiger partial charge in [0.05, 0.1) is 6.61 Å². The number of benzene rings is 2. The number of carbonyl (C=O) groups excluding carboxylic acids is 1. The zero-order chi connectivity index (χ0) is 33.4. The summed E-state index contributed by atoms with van der Waals surface area (Å²) in [5, 5.41) is 92.3. The maximum Gasteiger partial charge on any atom is 0.302 e. The Kier molecular flexibility index (Phi) is 9.68. The Hall–Kier alpha value is -4.04. The van der Waals surface area contributed by atoms with Gasteiger partial charge < -0.3 is 74.1 Å². The highest BCUT2D eigenvalue weighted by molar-refractivity contribution is 5.86. The minimum absolute atomic E-state index is 0.0501. The number of ether oxygens (including phenoxy) is 5. The van der Waals surface area contributed by atoms with E-state index in [1.807, 2.05) is 0 Å². The molecular formula is C29H32O17. The molecule has 0 bridgehead atoms. The van der Waals surface area contributed by atoms with Gasteiger partial charge in [0.15, 0.2) is 29.3 Å². The summed E-state index contributed by atoms with van der Waals surface area (Å²) in [6.45, 7) is -0.227. The first kappa shape index (κ1) is 33.3. The van der Waals surface area contributed by atoms with Crippen LogP contribution < -0.4 is 10.2 Å². The van der Waals surface area contributed by atoms with Crippen molar-refractivity contribution in [1.29, 1.82) is 0 Å². The van der Waals surface area contributed by atoms with E-state index in [0.717, 1.165) is 25.1 Å². The third-order valence-corrected chi connectivity index (χ3v) is 7.53. The number of fused-ring (bicyclic) bond motifs is 1. The predicted octanol–water partition coefficient (Wildman–Crippen LogP) is -1.85. The maximum absolute atomic E-state index is 12.9. The topological polar surface area (TPSA) is 276 Å². The molecule has 0 aliphatic carbocycles. The monoisotopic (exact) mass is 652 g/mol. The molecule has 10 atom stereocenters. The summed E-state index contributed by atoms with van der Waals surface area (Å²) in [6, 6.07) is 6.93. The molecule has 2 aliphatic rings. The van der Waals surface area contributed by atoms with E-state index in [4.69, 9.17) is 28.1 Å². The fourth-order valence-electron chi connectivity index (χ4n) is 5.08. The van der Waals surface area contributed by atoms with Crippen LogP contribution in [0.5, 0.6) is 23.0 Å². The molecule has 9 N–H and O–H groups in total.